The summed E-state index contributed by atoms with van der Waals surface area (Å²) in [4.78, 5) is 11.4. The summed E-state index contributed by atoms with van der Waals surface area (Å²) in [7, 11) is 0. The fourth-order valence-electron chi connectivity index (χ4n) is 1.25. The van der Waals surface area contributed by atoms with E-state index in [0.29, 0.717) is 12.5 Å². The van der Waals surface area contributed by atoms with E-state index in [-0.39, 0.29) is 6.03 Å². The third-order valence-electron chi connectivity index (χ3n) is 2.60. The van der Waals surface area contributed by atoms with E-state index in [0.717, 1.165) is 18.5 Å². The maximum Gasteiger partial charge on any atom is 0.315 e. The first kappa shape index (κ1) is 12.6. The first-order chi connectivity index (χ1) is 7.72. The smallest absolute Gasteiger partial charge is 0.315 e. The minimum Gasteiger partial charge on any atom is -0.338 e. The maximum atomic E-state index is 11.4. The molecule has 3 heteroatoms. The lowest BCUT2D eigenvalue weighted by molar-refractivity contribution is 0.238. The van der Waals surface area contributed by atoms with Gasteiger partial charge >= 0.3 is 6.03 Å². The summed E-state index contributed by atoms with van der Waals surface area (Å²) >= 11 is 0. The molecule has 2 N–H and O–H groups in total. The van der Waals surface area contributed by atoms with Crippen LogP contribution in [0.1, 0.15) is 25.8 Å². The molecule has 1 atom stereocenters. The zero-order valence-corrected chi connectivity index (χ0v) is 9.99. The number of benzene rings is 1. The highest BCUT2D eigenvalue weighted by Gasteiger charge is 2.02. The molecule has 0 aliphatic heterocycles. The Hall–Kier alpha value is -1.51. The molecule has 88 valence electrons. The van der Waals surface area contributed by atoms with E-state index in [2.05, 4.69) is 24.5 Å². The number of hydrogen-bond donors (Lipinski definition) is 2. The average molecular weight is 220 g/mol. The van der Waals surface area contributed by atoms with Crippen LogP contribution in [0.15, 0.2) is 30.3 Å². The number of hydrogen-bond acceptors (Lipinski definition) is 1. The van der Waals surface area contributed by atoms with Gasteiger partial charge in [-0.25, -0.2) is 4.79 Å². The fourth-order valence-corrected chi connectivity index (χ4v) is 1.25. The molecule has 0 aromatic heterocycles. The molecule has 16 heavy (non-hydrogen) atoms. The third kappa shape index (κ3) is 4.82. The van der Waals surface area contributed by atoms with Crippen molar-refractivity contribution >= 4 is 6.03 Å². The van der Waals surface area contributed by atoms with Crippen molar-refractivity contribution in [2.24, 2.45) is 5.92 Å². The van der Waals surface area contributed by atoms with Gasteiger partial charge in [-0.2, -0.15) is 0 Å². The summed E-state index contributed by atoms with van der Waals surface area (Å²) in [5, 5.41) is 5.68. The summed E-state index contributed by atoms with van der Waals surface area (Å²) in [6.07, 6.45) is 1.08. The number of urea groups is 1. The van der Waals surface area contributed by atoms with E-state index in [9.17, 15) is 4.79 Å². The lowest BCUT2D eigenvalue weighted by Gasteiger charge is -2.11. The minimum absolute atomic E-state index is 0.0934. The Kier molecular flexibility index (Phi) is 5.40. The molecule has 1 rings (SSSR count). The van der Waals surface area contributed by atoms with Crippen molar-refractivity contribution in [2.75, 3.05) is 6.54 Å². The van der Waals surface area contributed by atoms with Gasteiger partial charge in [0.1, 0.15) is 0 Å². The zero-order valence-electron chi connectivity index (χ0n) is 9.99. The van der Waals surface area contributed by atoms with Crippen molar-refractivity contribution in [1.82, 2.24) is 10.6 Å². The summed E-state index contributed by atoms with van der Waals surface area (Å²) in [5.41, 5.74) is 1.11. The molecule has 0 saturated carbocycles. The largest absolute Gasteiger partial charge is 0.338 e. The molecule has 0 heterocycles. The van der Waals surface area contributed by atoms with Crippen molar-refractivity contribution in [3.8, 4) is 0 Å². The van der Waals surface area contributed by atoms with Crippen LogP contribution in [-0.2, 0) is 6.54 Å². The standard InChI is InChI=1S/C13H20N2O/c1-3-11(2)9-14-13(16)15-10-12-7-5-4-6-8-12/h4-8,11H,3,9-10H2,1-2H3,(H2,14,15,16). The number of carbonyl (C=O) groups is 1. The van der Waals surface area contributed by atoms with Crippen molar-refractivity contribution in [3.05, 3.63) is 35.9 Å². The molecular weight excluding hydrogens is 200 g/mol. The summed E-state index contributed by atoms with van der Waals surface area (Å²) in [6.45, 7) is 5.55. The average Bonchev–Trinajstić information content (AvgIpc) is 2.34. The molecule has 0 saturated heterocycles. The second kappa shape index (κ2) is 6.88. The van der Waals surface area contributed by atoms with Gasteiger partial charge in [0.25, 0.3) is 0 Å². The van der Waals surface area contributed by atoms with Crippen molar-refractivity contribution < 1.29 is 4.79 Å². The van der Waals surface area contributed by atoms with E-state index < -0.39 is 0 Å². The van der Waals surface area contributed by atoms with E-state index in [1.807, 2.05) is 30.3 Å². The lowest BCUT2D eigenvalue weighted by Crippen LogP contribution is -2.37. The van der Waals surface area contributed by atoms with Crippen LogP contribution in [0.25, 0.3) is 0 Å². The molecule has 0 aliphatic carbocycles. The highest BCUT2D eigenvalue weighted by molar-refractivity contribution is 5.73. The van der Waals surface area contributed by atoms with E-state index in [1.165, 1.54) is 0 Å². The molecule has 2 amide bonds. The normalized spacial score (nSPS) is 11.9. The highest BCUT2D eigenvalue weighted by atomic mass is 16.2. The number of amides is 2. The SMILES string of the molecule is CCC(C)CNC(=O)NCc1ccccc1. The van der Waals surface area contributed by atoms with Crippen LogP contribution in [0.5, 0.6) is 0 Å². The fraction of sp³-hybridized carbons (Fsp3) is 0.462. The third-order valence-corrected chi connectivity index (χ3v) is 2.60. The van der Waals surface area contributed by atoms with Crippen LogP contribution in [0, 0.1) is 5.92 Å². The van der Waals surface area contributed by atoms with Crippen LogP contribution in [0.2, 0.25) is 0 Å². The Bertz CT molecular complexity index is 311. The maximum absolute atomic E-state index is 11.4. The molecule has 0 spiro atoms. The van der Waals surface area contributed by atoms with Crippen molar-refractivity contribution in [2.45, 2.75) is 26.8 Å². The molecule has 0 aliphatic rings. The number of nitrogens with one attached hydrogen (secondary N) is 2. The minimum atomic E-state index is -0.0934. The van der Waals surface area contributed by atoms with E-state index in [1.54, 1.807) is 0 Å². The predicted molar refractivity (Wildman–Crippen MR) is 66.1 cm³/mol. The van der Waals surface area contributed by atoms with Gasteiger partial charge in [-0.05, 0) is 11.5 Å². The zero-order chi connectivity index (χ0) is 11.8. The molecular formula is C13H20N2O. The molecule has 1 unspecified atom stereocenters. The van der Waals surface area contributed by atoms with Crippen molar-refractivity contribution in [3.63, 3.8) is 0 Å². The Balaban J connectivity index is 2.20. The number of carbonyl (C=O) groups excluding carboxylic acids is 1. The van der Waals surface area contributed by atoms with Gasteiger partial charge in [0.2, 0.25) is 0 Å². The summed E-state index contributed by atoms with van der Waals surface area (Å²) in [6, 6.07) is 9.79. The molecule has 3 nitrogen and oxygen atoms in total. The second-order valence-electron chi connectivity index (χ2n) is 4.06. The Morgan fingerprint density at radius 1 is 1.25 bits per heavy atom. The second-order valence-corrected chi connectivity index (χ2v) is 4.06. The first-order valence-electron chi connectivity index (χ1n) is 5.78. The van der Waals surface area contributed by atoms with Gasteiger partial charge in [0.05, 0.1) is 0 Å². The van der Waals surface area contributed by atoms with Gasteiger partial charge in [-0.1, -0.05) is 50.6 Å². The summed E-state index contributed by atoms with van der Waals surface area (Å²) < 4.78 is 0. The van der Waals surface area contributed by atoms with E-state index in [4.69, 9.17) is 0 Å². The molecule has 0 fully saturated rings. The molecule has 0 bridgehead atoms. The van der Waals surface area contributed by atoms with Gasteiger partial charge < -0.3 is 10.6 Å². The van der Waals surface area contributed by atoms with E-state index >= 15 is 0 Å². The predicted octanol–water partition coefficient (Wildman–Crippen LogP) is 2.53. The molecule has 1 aromatic carbocycles. The van der Waals surface area contributed by atoms with Crippen LogP contribution in [0.3, 0.4) is 0 Å². The van der Waals surface area contributed by atoms with Gasteiger partial charge in [0, 0.05) is 13.1 Å². The van der Waals surface area contributed by atoms with Gasteiger partial charge in [-0.3, -0.25) is 0 Å². The van der Waals surface area contributed by atoms with Crippen LogP contribution >= 0.6 is 0 Å². The summed E-state index contributed by atoms with van der Waals surface area (Å²) in [5.74, 6) is 0.530. The quantitative estimate of drug-likeness (QED) is 0.786. The topological polar surface area (TPSA) is 41.1 Å². The van der Waals surface area contributed by atoms with Crippen LogP contribution in [-0.4, -0.2) is 12.6 Å². The number of rotatable bonds is 5. The Morgan fingerprint density at radius 2 is 1.94 bits per heavy atom. The highest BCUT2D eigenvalue weighted by Crippen LogP contribution is 1.98. The van der Waals surface area contributed by atoms with Crippen molar-refractivity contribution in [1.29, 1.82) is 0 Å². The van der Waals surface area contributed by atoms with Gasteiger partial charge in [0.15, 0.2) is 0 Å². The molecule has 0 radical (unpaired) electrons. The Morgan fingerprint density at radius 3 is 2.56 bits per heavy atom. The van der Waals surface area contributed by atoms with Gasteiger partial charge in [-0.15, -0.1) is 0 Å². The molecule has 1 aromatic rings. The van der Waals surface area contributed by atoms with Crippen LogP contribution < -0.4 is 10.6 Å². The Labute approximate surface area is 97.2 Å². The monoisotopic (exact) mass is 220 g/mol. The van der Waals surface area contributed by atoms with Crippen LogP contribution in [0.4, 0.5) is 4.79 Å². The first-order valence-corrected chi connectivity index (χ1v) is 5.78. The lowest BCUT2D eigenvalue weighted by atomic mass is 10.1.